The Morgan fingerprint density at radius 3 is 2.46 bits per heavy atom. The van der Waals surface area contributed by atoms with Crippen LogP contribution in [-0.2, 0) is 4.79 Å². The molecule has 1 unspecified atom stereocenters. The molecule has 0 fully saturated rings. The van der Waals surface area contributed by atoms with Crippen molar-refractivity contribution in [2.45, 2.75) is 13.3 Å². The standard InChI is InChI=1S/C12H12O/c1-9-7-11(8-12(9)13)10-5-3-2-4-6-10/h2-6,8-9H,7H2,1H3. The Morgan fingerprint density at radius 2 is 1.92 bits per heavy atom. The second-order valence-corrected chi connectivity index (χ2v) is 3.54. The van der Waals surface area contributed by atoms with Crippen LogP contribution in [0, 0.1) is 5.92 Å². The Balaban J connectivity index is 2.30. The lowest BCUT2D eigenvalue weighted by molar-refractivity contribution is -0.116. The van der Waals surface area contributed by atoms with Crippen LogP contribution in [0.15, 0.2) is 36.4 Å². The summed E-state index contributed by atoms with van der Waals surface area (Å²) in [5.74, 6) is 0.439. The largest absolute Gasteiger partial charge is 0.295 e. The third-order valence-electron chi connectivity index (χ3n) is 2.47. The van der Waals surface area contributed by atoms with Crippen LogP contribution in [0.4, 0.5) is 0 Å². The molecule has 1 heteroatoms. The van der Waals surface area contributed by atoms with Crippen LogP contribution >= 0.6 is 0 Å². The lowest BCUT2D eigenvalue weighted by atomic mass is 10.0. The van der Waals surface area contributed by atoms with E-state index in [1.54, 1.807) is 6.08 Å². The zero-order chi connectivity index (χ0) is 9.26. The molecular weight excluding hydrogens is 160 g/mol. The maximum Gasteiger partial charge on any atom is 0.159 e. The van der Waals surface area contributed by atoms with Crippen LogP contribution in [0.5, 0.6) is 0 Å². The Labute approximate surface area is 78.1 Å². The van der Waals surface area contributed by atoms with Crippen LogP contribution in [0.3, 0.4) is 0 Å². The number of carbonyl (C=O) groups is 1. The van der Waals surface area contributed by atoms with E-state index in [0.717, 1.165) is 6.42 Å². The molecule has 66 valence electrons. The van der Waals surface area contributed by atoms with E-state index < -0.39 is 0 Å². The lowest BCUT2D eigenvalue weighted by Crippen LogP contribution is -1.99. The van der Waals surface area contributed by atoms with Crippen LogP contribution in [-0.4, -0.2) is 5.78 Å². The predicted octanol–water partition coefficient (Wildman–Crippen LogP) is 2.68. The molecule has 0 N–H and O–H groups in total. The van der Waals surface area contributed by atoms with Crippen molar-refractivity contribution in [1.29, 1.82) is 0 Å². The molecule has 0 bridgehead atoms. The summed E-state index contributed by atoms with van der Waals surface area (Å²) in [7, 11) is 0. The van der Waals surface area contributed by atoms with Crippen molar-refractivity contribution in [1.82, 2.24) is 0 Å². The molecule has 0 saturated heterocycles. The van der Waals surface area contributed by atoms with E-state index in [9.17, 15) is 4.79 Å². The van der Waals surface area contributed by atoms with Crippen LogP contribution in [0.1, 0.15) is 18.9 Å². The molecule has 1 aromatic rings. The molecule has 0 heterocycles. The van der Waals surface area contributed by atoms with E-state index in [0.29, 0.717) is 0 Å². The summed E-state index contributed by atoms with van der Waals surface area (Å²) in [5.41, 5.74) is 2.36. The van der Waals surface area contributed by atoms with Gasteiger partial charge in [0.05, 0.1) is 0 Å². The van der Waals surface area contributed by atoms with E-state index in [2.05, 4.69) is 12.1 Å². The summed E-state index contributed by atoms with van der Waals surface area (Å²) in [4.78, 5) is 11.3. The van der Waals surface area contributed by atoms with E-state index in [1.165, 1.54) is 11.1 Å². The Morgan fingerprint density at radius 1 is 1.23 bits per heavy atom. The van der Waals surface area contributed by atoms with E-state index >= 15 is 0 Å². The highest BCUT2D eigenvalue weighted by molar-refractivity contribution is 6.03. The topological polar surface area (TPSA) is 17.1 Å². The summed E-state index contributed by atoms with van der Waals surface area (Å²) in [6.07, 6.45) is 2.67. The quantitative estimate of drug-likeness (QED) is 0.636. The molecule has 1 nitrogen and oxygen atoms in total. The normalized spacial score (nSPS) is 21.8. The molecule has 0 aliphatic heterocycles. The fourth-order valence-corrected chi connectivity index (χ4v) is 1.66. The average Bonchev–Trinajstić information content (AvgIpc) is 2.49. The van der Waals surface area contributed by atoms with Gasteiger partial charge < -0.3 is 0 Å². The van der Waals surface area contributed by atoms with Gasteiger partial charge in [0.15, 0.2) is 5.78 Å². The van der Waals surface area contributed by atoms with Crippen molar-refractivity contribution < 1.29 is 4.79 Å². The van der Waals surface area contributed by atoms with Crippen molar-refractivity contribution in [2.75, 3.05) is 0 Å². The monoisotopic (exact) mass is 172 g/mol. The molecule has 1 atom stereocenters. The number of ketones is 1. The minimum absolute atomic E-state index is 0.176. The van der Waals surface area contributed by atoms with Gasteiger partial charge in [-0.15, -0.1) is 0 Å². The summed E-state index contributed by atoms with van der Waals surface area (Å²) >= 11 is 0. The number of hydrogen-bond acceptors (Lipinski definition) is 1. The van der Waals surface area contributed by atoms with Crippen molar-refractivity contribution in [3.8, 4) is 0 Å². The first-order valence-corrected chi connectivity index (χ1v) is 4.57. The van der Waals surface area contributed by atoms with Gasteiger partial charge in [-0.05, 0) is 23.6 Å². The van der Waals surface area contributed by atoms with E-state index in [-0.39, 0.29) is 11.7 Å². The summed E-state index contributed by atoms with van der Waals surface area (Å²) in [5, 5.41) is 0. The maximum atomic E-state index is 11.3. The highest BCUT2D eigenvalue weighted by atomic mass is 16.1. The third kappa shape index (κ3) is 1.55. The second kappa shape index (κ2) is 3.17. The minimum atomic E-state index is 0.176. The Bertz CT molecular complexity index is 349. The van der Waals surface area contributed by atoms with Crippen LogP contribution < -0.4 is 0 Å². The van der Waals surface area contributed by atoms with Gasteiger partial charge >= 0.3 is 0 Å². The number of benzene rings is 1. The minimum Gasteiger partial charge on any atom is -0.295 e. The number of rotatable bonds is 1. The number of allylic oxidation sites excluding steroid dienone is 2. The van der Waals surface area contributed by atoms with Gasteiger partial charge in [0.1, 0.15) is 0 Å². The molecule has 1 aliphatic rings. The van der Waals surface area contributed by atoms with Crippen LogP contribution in [0.2, 0.25) is 0 Å². The Hall–Kier alpha value is -1.37. The highest BCUT2D eigenvalue weighted by Gasteiger charge is 2.21. The van der Waals surface area contributed by atoms with Crippen LogP contribution in [0.25, 0.3) is 5.57 Å². The third-order valence-corrected chi connectivity index (χ3v) is 2.47. The molecule has 0 saturated carbocycles. The van der Waals surface area contributed by atoms with Crippen molar-refractivity contribution in [3.63, 3.8) is 0 Å². The van der Waals surface area contributed by atoms with Gasteiger partial charge in [-0.3, -0.25) is 4.79 Å². The van der Waals surface area contributed by atoms with Gasteiger partial charge in [-0.1, -0.05) is 37.3 Å². The van der Waals surface area contributed by atoms with Crippen molar-refractivity contribution >= 4 is 11.4 Å². The first-order valence-electron chi connectivity index (χ1n) is 4.57. The van der Waals surface area contributed by atoms with Gasteiger partial charge in [0, 0.05) is 5.92 Å². The van der Waals surface area contributed by atoms with Gasteiger partial charge in [0.25, 0.3) is 0 Å². The zero-order valence-electron chi connectivity index (χ0n) is 7.66. The highest BCUT2D eigenvalue weighted by Crippen LogP contribution is 2.29. The number of hydrogen-bond donors (Lipinski definition) is 0. The fraction of sp³-hybridized carbons (Fsp3) is 0.250. The predicted molar refractivity (Wildman–Crippen MR) is 53.2 cm³/mol. The lowest BCUT2D eigenvalue weighted by Gasteiger charge is -2.01. The van der Waals surface area contributed by atoms with Crippen molar-refractivity contribution in [3.05, 3.63) is 42.0 Å². The first kappa shape index (κ1) is 8.24. The summed E-state index contributed by atoms with van der Waals surface area (Å²) in [6.45, 7) is 1.98. The SMILES string of the molecule is CC1CC(c2ccccc2)=CC1=O. The molecule has 0 radical (unpaired) electrons. The molecular formula is C12H12O. The zero-order valence-corrected chi connectivity index (χ0v) is 7.66. The second-order valence-electron chi connectivity index (χ2n) is 3.54. The average molecular weight is 172 g/mol. The molecule has 0 aromatic heterocycles. The van der Waals surface area contributed by atoms with E-state index in [1.807, 2.05) is 25.1 Å². The molecule has 0 amide bonds. The fourth-order valence-electron chi connectivity index (χ4n) is 1.66. The van der Waals surface area contributed by atoms with Crippen molar-refractivity contribution in [2.24, 2.45) is 5.92 Å². The molecule has 2 rings (SSSR count). The molecule has 13 heavy (non-hydrogen) atoms. The molecule has 1 aliphatic carbocycles. The summed E-state index contributed by atoms with van der Waals surface area (Å²) < 4.78 is 0. The Kier molecular flexibility index (Phi) is 2.01. The molecule has 0 spiro atoms. The van der Waals surface area contributed by atoms with E-state index in [4.69, 9.17) is 0 Å². The first-order chi connectivity index (χ1) is 6.27. The summed E-state index contributed by atoms with van der Waals surface area (Å²) in [6, 6.07) is 10.1. The molecule has 1 aromatic carbocycles. The van der Waals surface area contributed by atoms with Gasteiger partial charge in [-0.2, -0.15) is 0 Å². The van der Waals surface area contributed by atoms with Gasteiger partial charge in [-0.25, -0.2) is 0 Å². The smallest absolute Gasteiger partial charge is 0.159 e. The number of carbonyl (C=O) groups excluding carboxylic acids is 1. The maximum absolute atomic E-state index is 11.3. The van der Waals surface area contributed by atoms with Gasteiger partial charge in [0.2, 0.25) is 0 Å².